The molecule has 0 fully saturated rings. The SMILES string of the molecule is COc1ccc2cc1OCCN(C(=O)CCc1c(C)noc1C)CC(=O)N[C@H](C(C)C)C(=O)NCCn1ccnc1-2. The highest BCUT2D eigenvalue weighted by atomic mass is 16.5. The fraction of sp³-hybridized carbons (Fsp3) is 0.483. The molecule has 2 bridgehead atoms. The molecule has 3 aromatic rings. The maximum atomic E-state index is 13.4. The van der Waals surface area contributed by atoms with Crippen LogP contribution in [-0.4, -0.2) is 76.7 Å². The van der Waals surface area contributed by atoms with Gasteiger partial charge >= 0.3 is 0 Å². The van der Waals surface area contributed by atoms with E-state index in [1.165, 1.54) is 4.90 Å². The van der Waals surface area contributed by atoms with E-state index >= 15 is 0 Å². The quantitative estimate of drug-likeness (QED) is 0.479. The molecule has 0 aliphatic carbocycles. The number of hydrogen-bond donors (Lipinski definition) is 2. The molecule has 1 aliphatic rings. The van der Waals surface area contributed by atoms with Crippen LogP contribution < -0.4 is 20.1 Å². The molecular weight excluding hydrogens is 528 g/mol. The Hall–Kier alpha value is -4.35. The number of rotatable bonds is 5. The molecule has 41 heavy (non-hydrogen) atoms. The maximum Gasteiger partial charge on any atom is 0.242 e. The van der Waals surface area contributed by atoms with Crippen LogP contribution in [-0.2, 0) is 27.3 Å². The van der Waals surface area contributed by atoms with E-state index in [1.807, 2.05) is 43.7 Å². The monoisotopic (exact) mass is 566 g/mol. The van der Waals surface area contributed by atoms with Crippen LogP contribution in [0.3, 0.4) is 0 Å². The van der Waals surface area contributed by atoms with E-state index in [9.17, 15) is 14.4 Å². The van der Waals surface area contributed by atoms with Crippen molar-refractivity contribution in [3.63, 3.8) is 0 Å². The van der Waals surface area contributed by atoms with E-state index < -0.39 is 11.9 Å². The molecule has 2 aromatic heterocycles. The zero-order valence-corrected chi connectivity index (χ0v) is 24.2. The Morgan fingerprint density at radius 3 is 2.73 bits per heavy atom. The number of fused-ring (bicyclic) bond motifs is 4. The second-order valence-corrected chi connectivity index (χ2v) is 10.4. The van der Waals surface area contributed by atoms with Gasteiger partial charge in [0.15, 0.2) is 11.5 Å². The highest BCUT2D eigenvalue weighted by Crippen LogP contribution is 2.32. The number of aryl methyl sites for hydroxylation is 2. The van der Waals surface area contributed by atoms with Gasteiger partial charge < -0.3 is 34.1 Å². The summed E-state index contributed by atoms with van der Waals surface area (Å²) < 4.78 is 18.7. The number of imidazole rings is 1. The average Bonchev–Trinajstić information content (AvgIpc) is 3.54. The van der Waals surface area contributed by atoms with Crippen molar-refractivity contribution in [2.75, 3.05) is 33.4 Å². The lowest BCUT2D eigenvalue weighted by Crippen LogP contribution is -2.53. The standard InChI is InChI=1S/C29H38N6O6/c1-18(2)27-29(38)31-11-13-34-12-10-30-28(34)21-6-8-23(39-5)24(16-21)40-15-14-35(17-25(36)32-27)26(37)9-7-22-19(3)33-41-20(22)4/h6,8,10,12,16,18,27H,7,9,11,13-15,17H2,1-5H3,(H,31,38)(H,32,36)/t27-/m1/s1. The predicted octanol–water partition coefficient (Wildman–Crippen LogP) is 2.27. The van der Waals surface area contributed by atoms with Gasteiger partial charge in [-0.2, -0.15) is 0 Å². The van der Waals surface area contributed by atoms with Gasteiger partial charge in [-0.1, -0.05) is 19.0 Å². The van der Waals surface area contributed by atoms with Gasteiger partial charge in [-0.3, -0.25) is 14.4 Å². The molecule has 0 unspecified atom stereocenters. The summed E-state index contributed by atoms with van der Waals surface area (Å²) in [7, 11) is 1.56. The number of benzene rings is 1. The van der Waals surface area contributed by atoms with Gasteiger partial charge in [0.25, 0.3) is 0 Å². The molecule has 1 aliphatic heterocycles. The largest absolute Gasteiger partial charge is 0.493 e. The highest BCUT2D eigenvalue weighted by Gasteiger charge is 2.26. The number of ether oxygens (including phenoxy) is 2. The molecule has 0 radical (unpaired) electrons. The zero-order chi connectivity index (χ0) is 29.5. The molecule has 0 spiro atoms. The summed E-state index contributed by atoms with van der Waals surface area (Å²) in [5.41, 5.74) is 2.42. The minimum Gasteiger partial charge on any atom is -0.493 e. The molecule has 12 nitrogen and oxygen atoms in total. The summed E-state index contributed by atoms with van der Waals surface area (Å²) in [5.74, 6) is 1.30. The van der Waals surface area contributed by atoms with Crippen LogP contribution in [0.25, 0.3) is 11.4 Å². The van der Waals surface area contributed by atoms with Gasteiger partial charge in [0.1, 0.15) is 24.2 Å². The molecule has 3 heterocycles. The average molecular weight is 567 g/mol. The van der Waals surface area contributed by atoms with Crippen molar-refractivity contribution in [1.29, 1.82) is 0 Å². The van der Waals surface area contributed by atoms with Crippen molar-refractivity contribution < 1.29 is 28.4 Å². The van der Waals surface area contributed by atoms with Gasteiger partial charge in [0, 0.05) is 43.0 Å². The molecule has 0 saturated carbocycles. The van der Waals surface area contributed by atoms with E-state index in [-0.39, 0.29) is 43.8 Å². The Kier molecular flexibility index (Phi) is 9.64. The zero-order valence-electron chi connectivity index (χ0n) is 24.2. The number of nitrogens with one attached hydrogen (secondary N) is 2. The van der Waals surface area contributed by atoms with Crippen molar-refractivity contribution in [3.8, 4) is 22.9 Å². The number of aromatic nitrogens is 3. The Morgan fingerprint density at radius 1 is 1.22 bits per heavy atom. The van der Waals surface area contributed by atoms with E-state index in [0.29, 0.717) is 42.6 Å². The highest BCUT2D eigenvalue weighted by molar-refractivity contribution is 5.90. The lowest BCUT2D eigenvalue weighted by Gasteiger charge is -2.26. The summed E-state index contributed by atoms with van der Waals surface area (Å²) in [4.78, 5) is 45.5. The molecule has 1 atom stereocenters. The van der Waals surface area contributed by atoms with Crippen molar-refractivity contribution >= 4 is 17.7 Å². The first-order valence-electron chi connectivity index (χ1n) is 13.8. The third-order valence-corrected chi connectivity index (χ3v) is 7.13. The van der Waals surface area contributed by atoms with Gasteiger partial charge in [0.2, 0.25) is 17.7 Å². The third-order valence-electron chi connectivity index (χ3n) is 7.13. The lowest BCUT2D eigenvalue weighted by molar-refractivity contribution is -0.137. The Morgan fingerprint density at radius 2 is 2.02 bits per heavy atom. The Bertz CT molecular complexity index is 1360. The summed E-state index contributed by atoms with van der Waals surface area (Å²) in [6, 6.07) is 4.76. The van der Waals surface area contributed by atoms with Gasteiger partial charge in [-0.15, -0.1) is 0 Å². The molecule has 2 N–H and O–H groups in total. The van der Waals surface area contributed by atoms with Crippen molar-refractivity contribution in [2.24, 2.45) is 5.92 Å². The van der Waals surface area contributed by atoms with Crippen LogP contribution >= 0.6 is 0 Å². The van der Waals surface area contributed by atoms with E-state index in [2.05, 4.69) is 20.8 Å². The predicted molar refractivity (Wildman–Crippen MR) is 150 cm³/mol. The lowest BCUT2D eigenvalue weighted by atomic mass is 10.0. The van der Waals surface area contributed by atoms with Gasteiger partial charge in [-0.25, -0.2) is 4.98 Å². The van der Waals surface area contributed by atoms with Crippen LogP contribution in [0, 0.1) is 19.8 Å². The number of carbonyl (C=O) groups excluding carboxylic acids is 3. The first kappa shape index (κ1) is 29.6. The van der Waals surface area contributed by atoms with Gasteiger partial charge in [0.05, 0.1) is 25.9 Å². The van der Waals surface area contributed by atoms with Gasteiger partial charge in [-0.05, 0) is 44.4 Å². The number of nitrogens with zero attached hydrogens (tertiary/aromatic N) is 4. The number of methoxy groups -OCH3 is 1. The number of amides is 3. The third kappa shape index (κ3) is 7.24. The normalized spacial score (nSPS) is 16.8. The number of hydrogen-bond acceptors (Lipinski definition) is 8. The molecule has 0 saturated heterocycles. The molecule has 3 amide bonds. The molecule has 4 rings (SSSR count). The summed E-state index contributed by atoms with van der Waals surface area (Å²) in [6.07, 6.45) is 4.13. The molecule has 220 valence electrons. The molecular formula is C29H38N6O6. The fourth-order valence-electron chi connectivity index (χ4n) is 4.82. The summed E-state index contributed by atoms with van der Waals surface area (Å²) in [6.45, 7) is 8.23. The van der Waals surface area contributed by atoms with Crippen LogP contribution in [0.1, 0.15) is 37.3 Å². The first-order valence-corrected chi connectivity index (χ1v) is 13.8. The summed E-state index contributed by atoms with van der Waals surface area (Å²) in [5, 5.41) is 9.70. The van der Waals surface area contributed by atoms with Crippen molar-refractivity contribution in [3.05, 3.63) is 47.6 Å². The van der Waals surface area contributed by atoms with E-state index in [0.717, 1.165) is 16.8 Å². The van der Waals surface area contributed by atoms with E-state index in [1.54, 1.807) is 26.3 Å². The first-order chi connectivity index (χ1) is 19.7. The fourth-order valence-corrected chi connectivity index (χ4v) is 4.82. The minimum atomic E-state index is -0.754. The maximum absolute atomic E-state index is 13.4. The minimum absolute atomic E-state index is 0.118. The Balaban J connectivity index is 1.60. The number of carbonyl (C=O) groups is 3. The van der Waals surface area contributed by atoms with E-state index in [4.69, 9.17) is 14.0 Å². The van der Waals surface area contributed by atoms with Crippen LogP contribution in [0.5, 0.6) is 11.5 Å². The smallest absolute Gasteiger partial charge is 0.242 e. The van der Waals surface area contributed by atoms with Crippen LogP contribution in [0.15, 0.2) is 35.1 Å². The Labute approximate surface area is 239 Å². The summed E-state index contributed by atoms with van der Waals surface area (Å²) >= 11 is 0. The second kappa shape index (κ2) is 13.3. The molecule has 12 heteroatoms. The van der Waals surface area contributed by atoms with Crippen molar-refractivity contribution in [2.45, 2.75) is 53.1 Å². The second-order valence-electron chi connectivity index (χ2n) is 10.4. The topological polar surface area (TPSA) is 141 Å². The van der Waals surface area contributed by atoms with Crippen molar-refractivity contribution in [1.82, 2.24) is 30.2 Å². The van der Waals surface area contributed by atoms with Crippen LogP contribution in [0.2, 0.25) is 0 Å². The molecule has 1 aromatic carbocycles. The van der Waals surface area contributed by atoms with Crippen LogP contribution in [0.4, 0.5) is 0 Å².